The number of aliphatic hydroxyl groups excluding tert-OH is 1. The van der Waals surface area contributed by atoms with Gasteiger partial charge in [0.1, 0.15) is 11.6 Å². The van der Waals surface area contributed by atoms with Crippen LogP contribution in [0.1, 0.15) is 32.6 Å². The Morgan fingerprint density at radius 1 is 1.33 bits per heavy atom. The zero-order chi connectivity index (χ0) is 15.2. The molecule has 0 unspecified atom stereocenters. The van der Waals surface area contributed by atoms with Gasteiger partial charge in [-0.1, -0.05) is 19.8 Å². The van der Waals surface area contributed by atoms with E-state index in [0.717, 1.165) is 24.6 Å². The molecule has 0 spiro atoms. The largest absolute Gasteiger partial charge is 0.396 e. The molecule has 0 aliphatic rings. The molecular weight excluding hydrogens is 271 g/mol. The molecule has 1 aromatic heterocycles. The van der Waals surface area contributed by atoms with Crippen LogP contribution in [0.25, 0.3) is 10.9 Å². The lowest BCUT2D eigenvalue weighted by Crippen LogP contribution is -2.22. The standard InChI is InChI=1S/C15H21FN4O/c1-2-3-4-11(7-8-21)18-14-12-6-5-10(16)9-13(12)19-15(17)20-14/h5-6,9,11,21H,2-4,7-8H2,1H3,(H3,17,18,19,20)/t11-/m0/s1. The summed E-state index contributed by atoms with van der Waals surface area (Å²) in [6.07, 6.45) is 3.71. The molecule has 1 heterocycles. The number of anilines is 2. The van der Waals surface area contributed by atoms with Crippen LogP contribution >= 0.6 is 0 Å². The molecule has 5 nitrogen and oxygen atoms in total. The van der Waals surface area contributed by atoms with Crippen LogP contribution in [0.4, 0.5) is 16.2 Å². The Morgan fingerprint density at radius 2 is 2.14 bits per heavy atom. The van der Waals surface area contributed by atoms with E-state index in [1.54, 1.807) is 6.07 Å². The second-order valence-corrected chi connectivity index (χ2v) is 5.09. The highest BCUT2D eigenvalue weighted by Gasteiger charge is 2.12. The van der Waals surface area contributed by atoms with Crippen molar-refractivity contribution < 1.29 is 9.50 Å². The van der Waals surface area contributed by atoms with Crippen molar-refractivity contribution in [2.24, 2.45) is 0 Å². The summed E-state index contributed by atoms with van der Waals surface area (Å²) in [5.74, 6) is 0.338. The first-order chi connectivity index (χ1) is 10.1. The van der Waals surface area contributed by atoms with E-state index < -0.39 is 0 Å². The maximum Gasteiger partial charge on any atom is 0.222 e. The molecule has 6 heteroatoms. The molecule has 0 saturated carbocycles. The Hall–Kier alpha value is -1.95. The van der Waals surface area contributed by atoms with Gasteiger partial charge in [-0.15, -0.1) is 0 Å². The van der Waals surface area contributed by atoms with Crippen molar-refractivity contribution in [2.45, 2.75) is 38.6 Å². The quantitative estimate of drug-likeness (QED) is 0.730. The minimum Gasteiger partial charge on any atom is -0.396 e. The van der Waals surface area contributed by atoms with Gasteiger partial charge in [-0.25, -0.2) is 9.37 Å². The van der Waals surface area contributed by atoms with Gasteiger partial charge in [-0.05, 0) is 25.0 Å². The van der Waals surface area contributed by atoms with Crippen molar-refractivity contribution >= 4 is 22.7 Å². The number of hydrogen-bond donors (Lipinski definition) is 3. The fourth-order valence-electron chi connectivity index (χ4n) is 2.32. The predicted molar refractivity (Wildman–Crippen MR) is 82.5 cm³/mol. The maximum atomic E-state index is 13.3. The molecule has 0 aliphatic heterocycles. The highest BCUT2D eigenvalue weighted by atomic mass is 19.1. The van der Waals surface area contributed by atoms with E-state index in [1.807, 2.05) is 0 Å². The van der Waals surface area contributed by atoms with Gasteiger partial charge >= 0.3 is 0 Å². The van der Waals surface area contributed by atoms with E-state index in [2.05, 4.69) is 22.2 Å². The lowest BCUT2D eigenvalue weighted by Gasteiger charge is -2.19. The summed E-state index contributed by atoms with van der Waals surface area (Å²) in [7, 11) is 0. The zero-order valence-electron chi connectivity index (χ0n) is 12.1. The topological polar surface area (TPSA) is 84.1 Å². The molecule has 0 radical (unpaired) electrons. The number of nitrogens with two attached hydrogens (primary N) is 1. The minimum absolute atomic E-state index is 0.105. The van der Waals surface area contributed by atoms with E-state index in [9.17, 15) is 9.50 Å². The first-order valence-corrected chi connectivity index (χ1v) is 7.24. The molecule has 0 amide bonds. The van der Waals surface area contributed by atoms with Gasteiger partial charge in [0.05, 0.1) is 5.52 Å². The number of nitrogens with zero attached hydrogens (tertiary/aromatic N) is 2. The molecule has 2 aromatic rings. The van der Waals surface area contributed by atoms with Crippen molar-refractivity contribution in [1.29, 1.82) is 0 Å². The predicted octanol–water partition coefficient (Wildman–Crippen LogP) is 2.70. The first kappa shape index (κ1) is 15.4. The number of unbranched alkanes of at least 4 members (excludes halogenated alkanes) is 1. The fraction of sp³-hybridized carbons (Fsp3) is 0.467. The van der Waals surface area contributed by atoms with Crippen molar-refractivity contribution in [1.82, 2.24) is 9.97 Å². The SMILES string of the molecule is CCCC[C@@H](CCO)Nc1nc(N)nc2cc(F)ccc12. The Bertz CT molecular complexity index is 600. The van der Waals surface area contributed by atoms with Crippen molar-refractivity contribution in [3.05, 3.63) is 24.0 Å². The average molecular weight is 292 g/mol. The number of hydrogen-bond acceptors (Lipinski definition) is 5. The number of halogens is 1. The maximum absolute atomic E-state index is 13.3. The highest BCUT2D eigenvalue weighted by Crippen LogP contribution is 2.24. The lowest BCUT2D eigenvalue weighted by molar-refractivity contribution is 0.276. The molecule has 4 N–H and O–H groups in total. The summed E-state index contributed by atoms with van der Waals surface area (Å²) >= 11 is 0. The Labute approximate surface area is 123 Å². The average Bonchev–Trinajstić information content (AvgIpc) is 2.44. The summed E-state index contributed by atoms with van der Waals surface area (Å²) in [6, 6.07) is 4.46. The number of benzene rings is 1. The minimum atomic E-state index is -0.357. The fourth-order valence-corrected chi connectivity index (χ4v) is 2.32. The van der Waals surface area contributed by atoms with Crippen LogP contribution in [0, 0.1) is 5.82 Å². The molecule has 0 aliphatic carbocycles. The summed E-state index contributed by atoms with van der Waals surface area (Å²) in [4.78, 5) is 8.26. The van der Waals surface area contributed by atoms with Crippen LogP contribution in [0.3, 0.4) is 0 Å². The van der Waals surface area contributed by atoms with Crippen LogP contribution in [0.15, 0.2) is 18.2 Å². The van der Waals surface area contributed by atoms with Crippen LogP contribution in [0.5, 0.6) is 0 Å². The van der Waals surface area contributed by atoms with Gasteiger partial charge < -0.3 is 16.2 Å². The lowest BCUT2D eigenvalue weighted by atomic mass is 10.1. The van der Waals surface area contributed by atoms with Gasteiger partial charge in [-0.2, -0.15) is 4.98 Å². The third kappa shape index (κ3) is 4.01. The summed E-state index contributed by atoms with van der Waals surface area (Å²) in [6.45, 7) is 2.23. The monoisotopic (exact) mass is 292 g/mol. The van der Waals surface area contributed by atoms with E-state index in [4.69, 9.17) is 5.73 Å². The third-order valence-corrected chi connectivity index (χ3v) is 3.40. The van der Waals surface area contributed by atoms with Crippen LogP contribution in [0.2, 0.25) is 0 Å². The molecule has 21 heavy (non-hydrogen) atoms. The van der Waals surface area contributed by atoms with Gasteiger partial charge in [0, 0.05) is 24.1 Å². The van der Waals surface area contributed by atoms with E-state index in [1.165, 1.54) is 12.1 Å². The Kier molecular flexibility index (Phi) is 5.27. The summed E-state index contributed by atoms with van der Waals surface area (Å²) in [5, 5.41) is 13.2. The number of nitrogens with one attached hydrogen (secondary N) is 1. The second kappa shape index (κ2) is 7.17. The normalized spacial score (nSPS) is 12.5. The summed E-state index contributed by atoms with van der Waals surface area (Å²) < 4.78 is 13.3. The first-order valence-electron chi connectivity index (χ1n) is 7.24. The van der Waals surface area contributed by atoms with Crippen molar-refractivity contribution in [3.8, 4) is 0 Å². The molecule has 1 atom stereocenters. The Balaban J connectivity index is 2.31. The van der Waals surface area contributed by atoms with Crippen molar-refractivity contribution in [3.63, 3.8) is 0 Å². The molecular formula is C15H21FN4O. The molecule has 1 aromatic carbocycles. The van der Waals surface area contributed by atoms with E-state index in [-0.39, 0.29) is 24.4 Å². The van der Waals surface area contributed by atoms with E-state index in [0.29, 0.717) is 17.8 Å². The number of aliphatic hydroxyl groups is 1. The zero-order valence-corrected chi connectivity index (χ0v) is 12.1. The number of rotatable bonds is 7. The molecule has 0 fully saturated rings. The molecule has 114 valence electrons. The third-order valence-electron chi connectivity index (χ3n) is 3.40. The highest BCUT2D eigenvalue weighted by molar-refractivity contribution is 5.90. The van der Waals surface area contributed by atoms with Gasteiger partial charge in [0.25, 0.3) is 0 Å². The van der Waals surface area contributed by atoms with Crippen molar-refractivity contribution in [2.75, 3.05) is 17.7 Å². The molecule has 0 bridgehead atoms. The number of aromatic nitrogens is 2. The van der Waals surface area contributed by atoms with Gasteiger partial charge in [0.15, 0.2) is 0 Å². The summed E-state index contributed by atoms with van der Waals surface area (Å²) in [5.41, 5.74) is 6.17. The van der Waals surface area contributed by atoms with E-state index >= 15 is 0 Å². The molecule has 2 rings (SSSR count). The smallest absolute Gasteiger partial charge is 0.222 e. The van der Waals surface area contributed by atoms with Gasteiger partial charge in [-0.3, -0.25) is 0 Å². The number of fused-ring (bicyclic) bond motifs is 1. The Morgan fingerprint density at radius 3 is 2.86 bits per heavy atom. The second-order valence-electron chi connectivity index (χ2n) is 5.09. The van der Waals surface area contributed by atoms with Gasteiger partial charge in [0.2, 0.25) is 5.95 Å². The van der Waals surface area contributed by atoms with Crippen LogP contribution in [-0.4, -0.2) is 27.7 Å². The number of nitrogen functional groups attached to an aromatic ring is 1. The molecule has 0 saturated heterocycles. The van der Waals surface area contributed by atoms with Crippen LogP contribution in [-0.2, 0) is 0 Å². The van der Waals surface area contributed by atoms with Crippen LogP contribution < -0.4 is 11.1 Å².